The first-order chi connectivity index (χ1) is 11.6. The highest BCUT2D eigenvalue weighted by atomic mass is 16.5. The summed E-state index contributed by atoms with van der Waals surface area (Å²) >= 11 is 0. The molecule has 3 rings (SSSR count). The number of aromatic hydroxyl groups is 1. The molecule has 24 heavy (non-hydrogen) atoms. The first kappa shape index (κ1) is 15.9. The van der Waals surface area contributed by atoms with Gasteiger partial charge in [0.15, 0.2) is 0 Å². The summed E-state index contributed by atoms with van der Waals surface area (Å²) in [6.45, 7) is 2.67. The van der Waals surface area contributed by atoms with Crippen molar-refractivity contribution in [2.75, 3.05) is 13.7 Å². The van der Waals surface area contributed by atoms with Crippen LogP contribution in [-0.4, -0.2) is 35.4 Å². The number of phenolic OH excluding ortho intramolecular Hbond substituents is 1. The fraction of sp³-hybridized carbons (Fsp3) is 0.222. The van der Waals surface area contributed by atoms with Crippen LogP contribution in [0, 0.1) is 5.92 Å². The summed E-state index contributed by atoms with van der Waals surface area (Å²) in [7, 11) is 1.62. The molecule has 124 valence electrons. The van der Waals surface area contributed by atoms with Gasteiger partial charge in [0.05, 0.1) is 25.1 Å². The lowest BCUT2D eigenvalue weighted by atomic mass is 9.99. The third-order valence-corrected chi connectivity index (χ3v) is 3.90. The summed E-state index contributed by atoms with van der Waals surface area (Å²) in [5, 5.41) is 16.2. The Bertz CT molecular complexity index is 784. The summed E-state index contributed by atoms with van der Waals surface area (Å²) in [4.78, 5) is 4.40. The van der Waals surface area contributed by atoms with Crippen LogP contribution in [0.5, 0.6) is 11.5 Å². The number of benzene rings is 2. The minimum atomic E-state index is 0.142. The van der Waals surface area contributed by atoms with Crippen LogP contribution in [0.25, 0.3) is 0 Å². The lowest BCUT2D eigenvalue weighted by molar-refractivity contribution is 0.415. The maximum Gasteiger partial charge on any atom is 0.217 e. The molecule has 0 spiro atoms. The molecule has 0 fully saturated rings. The lowest BCUT2D eigenvalue weighted by Crippen LogP contribution is -2.32. The number of hydrogen-bond acceptors (Lipinski definition) is 4. The predicted molar refractivity (Wildman–Crippen MR) is 94.8 cm³/mol. The van der Waals surface area contributed by atoms with Crippen molar-refractivity contribution < 1.29 is 9.84 Å². The van der Waals surface area contributed by atoms with E-state index in [-0.39, 0.29) is 11.7 Å². The van der Waals surface area contributed by atoms with E-state index in [0.29, 0.717) is 12.5 Å². The van der Waals surface area contributed by atoms with Crippen molar-refractivity contribution in [3.63, 3.8) is 0 Å². The molecule has 2 aromatic rings. The third-order valence-electron chi connectivity index (χ3n) is 3.90. The number of phenols is 1. The summed E-state index contributed by atoms with van der Waals surface area (Å²) < 4.78 is 5.13. The third kappa shape index (κ3) is 3.17. The topological polar surface area (TPSA) is 83.4 Å². The second-order valence-corrected chi connectivity index (χ2v) is 5.65. The number of para-hydroxylation sites is 1. The van der Waals surface area contributed by atoms with Crippen LogP contribution in [0.3, 0.4) is 0 Å². The highest BCUT2D eigenvalue weighted by molar-refractivity contribution is 6.06. The molecular formula is C18H20N4O2. The van der Waals surface area contributed by atoms with E-state index in [0.717, 1.165) is 22.7 Å². The number of methoxy groups -OCH3 is 1. The van der Waals surface area contributed by atoms with E-state index >= 15 is 0 Å². The standard InChI is InChI=1S/C18H20N4O2/c1-12-11-22(21-17(12)15-5-3-4-6-16(15)23)18(19)20-13-7-9-14(24-2)10-8-13/h3-10,12,23H,11H2,1-2H3,(H2,19,20). The van der Waals surface area contributed by atoms with Gasteiger partial charge in [-0.3, -0.25) is 0 Å². The molecular weight excluding hydrogens is 304 g/mol. The number of nitrogens with two attached hydrogens (primary N) is 1. The van der Waals surface area contributed by atoms with E-state index < -0.39 is 0 Å². The van der Waals surface area contributed by atoms with Crippen LogP contribution in [0.1, 0.15) is 12.5 Å². The second kappa shape index (κ2) is 6.62. The molecule has 0 radical (unpaired) electrons. The van der Waals surface area contributed by atoms with E-state index in [1.807, 2.05) is 43.3 Å². The SMILES string of the molecule is COc1ccc(N=C(N)N2CC(C)C(c3ccccc3O)=N2)cc1. The molecule has 1 atom stereocenters. The highest BCUT2D eigenvalue weighted by Crippen LogP contribution is 2.26. The van der Waals surface area contributed by atoms with Crippen LogP contribution < -0.4 is 10.5 Å². The number of hydrazone groups is 1. The minimum absolute atomic E-state index is 0.142. The van der Waals surface area contributed by atoms with Gasteiger partial charge in [0.1, 0.15) is 11.5 Å². The quantitative estimate of drug-likeness (QED) is 0.671. The van der Waals surface area contributed by atoms with E-state index in [9.17, 15) is 5.11 Å². The fourth-order valence-electron chi connectivity index (χ4n) is 2.62. The van der Waals surface area contributed by atoms with Gasteiger partial charge in [0.2, 0.25) is 5.96 Å². The summed E-state index contributed by atoms with van der Waals surface area (Å²) in [5.74, 6) is 1.44. The lowest BCUT2D eigenvalue weighted by Gasteiger charge is -2.13. The van der Waals surface area contributed by atoms with Gasteiger partial charge in [-0.1, -0.05) is 19.1 Å². The fourth-order valence-corrected chi connectivity index (χ4v) is 2.62. The molecule has 0 saturated carbocycles. The summed E-state index contributed by atoms with van der Waals surface area (Å²) in [6.07, 6.45) is 0. The number of nitrogens with zero attached hydrogens (tertiary/aromatic N) is 3. The molecule has 0 aliphatic carbocycles. The van der Waals surface area contributed by atoms with Crippen LogP contribution in [-0.2, 0) is 0 Å². The molecule has 2 aromatic carbocycles. The first-order valence-corrected chi connectivity index (χ1v) is 7.71. The minimum Gasteiger partial charge on any atom is -0.507 e. The van der Waals surface area contributed by atoms with Crippen LogP contribution >= 0.6 is 0 Å². The normalized spacial score (nSPS) is 17.8. The van der Waals surface area contributed by atoms with Crippen molar-refractivity contribution in [1.82, 2.24) is 5.01 Å². The molecule has 0 saturated heterocycles. The predicted octanol–water partition coefficient (Wildman–Crippen LogP) is 2.70. The number of rotatable bonds is 3. The Morgan fingerprint density at radius 2 is 1.96 bits per heavy atom. The zero-order valence-electron chi connectivity index (χ0n) is 13.7. The Morgan fingerprint density at radius 3 is 2.62 bits per heavy atom. The van der Waals surface area contributed by atoms with Gasteiger partial charge in [-0.05, 0) is 36.4 Å². The van der Waals surface area contributed by atoms with Crippen molar-refractivity contribution in [3.8, 4) is 11.5 Å². The Morgan fingerprint density at radius 1 is 1.25 bits per heavy atom. The average Bonchev–Trinajstić information content (AvgIpc) is 2.98. The van der Waals surface area contributed by atoms with Crippen LogP contribution in [0.15, 0.2) is 58.6 Å². The summed E-state index contributed by atoms with van der Waals surface area (Å²) in [5.41, 5.74) is 8.36. The monoisotopic (exact) mass is 324 g/mol. The van der Waals surface area contributed by atoms with Crippen molar-refractivity contribution in [2.45, 2.75) is 6.92 Å². The van der Waals surface area contributed by atoms with Crippen molar-refractivity contribution >= 4 is 17.4 Å². The molecule has 0 amide bonds. The number of ether oxygens (including phenoxy) is 1. The van der Waals surface area contributed by atoms with Gasteiger partial charge in [0.25, 0.3) is 0 Å². The Labute approximate surface area is 140 Å². The molecule has 1 heterocycles. The van der Waals surface area contributed by atoms with Crippen molar-refractivity contribution in [2.24, 2.45) is 21.7 Å². The second-order valence-electron chi connectivity index (χ2n) is 5.65. The largest absolute Gasteiger partial charge is 0.507 e. The number of hydrogen-bond donors (Lipinski definition) is 2. The zero-order valence-corrected chi connectivity index (χ0v) is 13.7. The number of aliphatic imine (C=N–C) groups is 1. The van der Waals surface area contributed by atoms with E-state index in [2.05, 4.69) is 10.1 Å². The summed E-state index contributed by atoms with van der Waals surface area (Å²) in [6, 6.07) is 14.5. The van der Waals surface area contributed by atoms with Gasteiger partial charge in [-0.15, -0.1) is 0 Å². The molecule has 3 N–H and O–H groups in total. The maximum absolute atomic E-state index is 10.0. The van der Waals surface area contributed by atoms with Crippen molar-refractivity contribution in [3.05, 3.63) is 54.1 Å². The molecule has 0 bridgehead atoms. The molecule has 6 heteroatoms. The Kier molecular flexibility index (Phi) is 4.37. The molecule has 1 unspecified atom stereocenters. The van der Waals surface area contributed by atoms with Gasteiger partial charge in [-0.2, -0.15) is 5.10 Å². The molecule has 1 aliphatic rings. The number of guanidine groups is 1. The van der Waals surface area contributed by atoms with Gasteiger partial charge in [-0.25, -0.2) is 10.0 Å². The van der Waals surface area contributed by atoms with E-state index in [1.165, 1.54) is 0 Å². The van der Waals surface area contributed by atoms with Gasteiger partial charge >= 0.3 is 0 Å². The Balaban J connectivity index is 1.84. The highest BCUT2D eigenvalue weighted by Gasteiger charge is 2.27. The molecule has 6 nitrogen and oxygen atoms in total. The van der Waals surface area contributed by atoms with Gasteiger partial charge in [0, 0.05) is 11.5 Å². The smallest absolute Gasteiger partial charge is 0.217 e. The van der Waals surface area contributed by atoms with Crippen molar-refractivity contribution in [1.29, 1.82) is 0 Å². The zero-order chi connectivity index (χ0) is 17.1. The first-order valence-electron chi connectivity index (χ1n) is 7.71. The molecule has 0 aromatic heterocycles. The average molecular weight is 324 g/mol. The van der Waals surface area contributed by atoms with Crippen LogP contribution in [0.2, 0.25) is 0 Å². The van der Waals surface area contributed by atoms with Gasteiger partial charge < -0.3 is 15.6 Å². The van der Waals surface area contributed by atoms with E-state index in [4.69, 9.17) is 10.5 Å². The van der Waals surface area contributed by atoms with E-state index in [1.54, 1.807) is 24.3 Å². The van der Waals surface area contributed by atoms with Crippen LogP contribution in [0.4, 0.5) is 5.69 Å². The molecule has 1 aliphatic heterocycles. The Hall–Kier alpha value is -3.02. The maximum atomic E-state index is 10.0.